The summed E-state index contributed by atoms with van der Waals surface area (Å²) in [7, 11) is 3.87. The Labute approximate surface area is 156 Å². The van der Waals surface area contributed by atoms with Crippen LogP contribution in [-0.4, -0.2) is 30.1 Å². The van der Waals surface area contributed by atoms with E-state index in [1.807, 2.05) is 19.0 Å². The smallest absolute Gasteiger partial charge is 0.333 e. The first-order valence-corrected chi connectivity index (χ1v) is 10.6. The minimum Gasteiger partial charge on any atom is -0.478 e. The molecule has 0 atom stereocenters. The van der Waals surface area contributed by atoms with Gasteiger partial charge < -0.3 is 10.0 Å². The molecule has 0 heterocycles. The summed E-state index contributed by atoms with van der Waals surface area (Å²) in [5, 5.41) is 9.13. The van der Waals surface area contributed by atoms with E-state index in [0.29, 0.717) is 5.57 Å². The van der Waals surface area contributed by atoms with Crippen LogP contribution in [0.2, 0.25) is 0 Å². The van der Waals surface area contributed by atoms with Crippen LogP contribution in [0.15, 0.2) is 11.3 Å². The molecule has 0 saturated carbocycles. The predicted molar refractivity (Wildman–Crippen MR) is 109 cm³/mol. The molecule has 0 aromatic rings. The molecule has 0 radical (unpaired) electrons. The Hall–Kier alpha value is -0.990. The van der Waals surface area contributed by atoms with Gasteiger partial charge in [0.15, 0.2) is 0 Å². The zero-order chi connectivity index (χ0) is 18.9. The lowest BCUT2D eigenvalue weighted by Crippen LogP contribution is -2.16. The molecule has 3 nitrogen and oxygen atoms in total. The van der Waals surface area contributed by atoms with Crippen LogP contribution >= 0.6 is 0 Å². The van der Waals surface area contributed by atoms with Crippen LogP contribution in [0.5, 0.6) is 0 Å². The van der Waals surface area contributed by atoms with Gasteiger partial charge in [-0.25, -0.2) is 4.79 Å². The third-order valence-electron chi connectivity index (χ3n) is 5.06. The summed E-state index contributed by atoms with van der Waals surface area (Å²) in [5.74, 6) is -0.797. The summed E-state index contributed by atoms with van der Waals surface area (Å²) in [6.07, 6.45) is 19.8. The van der Waals surface area contributed by atoms with Crippen molar-refractivity contribution in [3.05, 3.63) is 11.3 Å². The third-order valence-corrected chi connectivity index (χ3v) is 5.06. The number of nitrogens with zero attached hydrogens (tertiary/aromatic N) is 1. The highest BCUT2D eigenvalue weighted by atomic mass is 16.4. The number of allylic oxidation sites excluding steroid dienone is 1. The molecule has 1 N–H and O–H groups in total. The molecule has 0 aliphatic heterocycles. The molecule has 148 valence electrons. The minimum atomic E-state index is -0.797. The number of carboxylic acid groups (broad SMARTS) is 1. The van der Waals surface area contributed by atoms with E-state index in [4.69, 9.17) is 5.11 Å². The van der Waals surface area contributed by atoms with Crippen LogP contribution in [0.3, 0.4) is 0 Å². The quantitative estimate of drug-likeness (QED) is 0.231. The molecule has 0 fully saturated rings. The van der Waals surface area contributed by atoms with Crippen molar-refractivity contribution in [2.45, 2.75) is 110 Å². The Morgan fingerprint density at radius 2 is 1.08 bits per heavy atom. The van der Waals surface area contributed by atoms with Crippen molar-refractivity contribution in [1.82, 2.24) is 4.90 Å². The highest BCUT2D eigenvalue weighted by molar-refractivity contribution is 5.86. The highest BCUT2D eigenvalue weighted by Gasteiger charge is 2.10. The summed E-state index contributed by atoms with van der Waals surface area (Å²) < 4.78 is 0. The summed E-state index contributed by atoms with van der Waals surface area (Å²) in [6, 6.07) is 0. The molecule has 25 heavy (non-hydrogen) atoms. The Bertz CT molecular complexity index is 361. The average Bonchev–Trinajstić information content (AvgIpc) is 2.57. The number of aliphatic carboxylic acids is 1. The molecule has 0 saturated heterocycles. The van der Waals surface area contributed by atoms with E-state index in [0.717, 1.165) is 18.5 Å². The normalized spacial score (nSPS) is 12.2. The van der Waals surface area contributed by atoms with Crippen LogP contribution in [0.1, 0.15) is 110 Å². The van der Waals surface area contributed by atoms with Gasteiger partial charge in [-0.15, -0.1) is 0 Å². The Balaban J connectivity index is 3.49. The number of hydrogen-bond acceptors (Lipinski definition) is 2. The van der Waals surface area contributed by atoms with Crippen LogP contribution in [0.25, 0.3) is 0 Å². The zero-order valence-corrected chi connectivity index (χ0v) is 17.4. The second kappa shape index (κ2) is 16.5. The fourth-order valence-electron chi connectivity index (χ4n) is 3.36. The maximum absolute atomic E-state index is 11.1. The second-order valence-electron chi connectivity index (χ2n) is 7.62. The van der Waals surface area contributed by atoms with Crippen LogP contribution < -0.4 is 0 Å². The zero-order valence-electron chi connectivity index (χ0n) is 17.4. The monoisotopic (exact) mass is 353 g/mol. The molecule has 0 spiro atoms. The Morgan fingerprint density at radius 3 is 1.40 bits per heavy atom. The summed E-state index contributed by atoms with van der Waals surface area (Å²) in [6.45, 7) is 3.98. The molecular formula is C22H43NO2. The molecule has 0 amide bonds. The van der Waals surface area contributed by atoms with E-state index in [9.17, 15) is 4.79 Å². The van der Waals surface area contributed by atoms with Gasteiger partial charge in [0, 0.05) is 19.8 Å². The van der Waals surface area contributed by atoms with E-state index in [1.165, 1.54) is 83.5 Å². The lowest BCUT2D eigenvalue weighted by molar-refractivity contribution is -0.132. The van der Waals surface area contributed by atoms with Gasteiger partial charge in [0.25, 0.3) is 0 Å². The first-order valence-electron chi connectivity index (χ1n) is 10.6. The van der Waals surface area contributed by atoms with Crippen LogP contribution in [0.4, 0.5) is 0 Å². The summed E-state index contributed by atoms with van der Waals surface area (Å²) >= 11 is 0. The van der Waals surface area contributed by atoms with Gasteiger partial charge in [0.2, 0.25) is 0 Å². The number of carbonyl (C=O) groups is 1. The number of hydrogen-bond donors (Lipinski definition) is 1. The van der Waals surface area contributed by atoms with Crippen LogP contribution in [0, 0.1) is 0 Å². The van der Waals surface area contributed by atoms with Crippen molar-refractivity contribution in [1.29, 1.82) is 0 Å². The fraction of sp³-hybridized carbons (Fsp3) is 0.864. The first kappa shape index (κ1) is 24.0. The molecular weight excluding hydrogens is 310 g/mol. The molecule has 0 rings (SSSR count). The Morgan fingerprint density at radius 1 is 0.720 bits per heavy atom. The number of carboxylic acids is 1. The first-order chi connectivity index (χ1) is 12.0. The van der Waals surface area contributed by atoms with Crippen molar-refractivity contribution >= 4 is 5.97 Å². The van der Waals surface area contributed by atoms with Crippen molar-refractivity contribution in [3.63, 3.8) is 0 Å². The standard InChI is InChI=1S/C22H43NO2/c1-5-6-7-8-9-10-11-12-13-14-15-16-17-18-19-21(23(3)4)20(2)22(24)25/h5-19H2,1-4H3,(H,24,25)/b21-20+. The van der Waals surface area contributed by atoms with E-state index in [2.05, 4.69) is 6.92 Å². The van der Waals surface area contributed by atoms with E-state index in [-0.39, 0.29) is 0 Å². The maximum Gasteiger partial charge on any atom is 0.333 e. The lowest BCUT2D eigenvalue weighted by atomic mass is 10.0. The molecule has 3 heteroatoms. The minimum absolute atomic E-state index is 0.486. The van der Waals surface area contributed by atoms with Crippen molar-refractivity contribution in [2.75, 3.05) is 14.1 Å². The molecule has 0 bridgehead atoms. The van der Waals surface area contributed by atoms with Gasteiger partial charge in [-0.2, -0.15) is 0 Å². The molecule has 0 unspecified atom stereocenters. The summed E-state index contributed by atoms with van der Waals surface area (Å²) in [5.41, 5.74) is 1.45. The van der Waals surface area contributed by atoms with E-state index < -0.39 is 5.97 Å². The van der Waals surface area contributed by atoms with Gasteiger partial charge in [0.05, 0.1) is 5.57 Å². The fourth-order valence-corrected chi connectivity index (χ4v) is 3.36. The SMILES string of the molecule is CCCCCCCCCCCCCCCC/C(=C(/C)C(=O)O)N(C)C. The van der Waals surface area contributed by atoms with Gasteiger partial charge in [0.1, 0.15) is 0 Å². The van der Waals surface area contributed by atoms with E-state index in [1.54, 1.807) is 6.92 Å². The maximum atomic E-state index is 11.1. The van der Waals surface area contributed by atoms with Gasteiger partial charge in [-0.05, 0) is 19.8 Å². The van der Waals surface area contributed by atoms with Gasteiger partial charge in [-0.1, -0.05) is 90.4 Å². The lowest BCUT2D eigenvalue weighted by Gasteiger charge is -2.19. The highest BCUT2D eigenvalue weighted by Crippen LogP contribution is 2.18. The third kappa shape index (κ3) is 13.9. The number of unbranched alkanes of at least 4 members (excludes halogenated alkanes) is 13. The molecule has 0 aliphatic rings. The topological polar surface area (TPSA) is 40.5 Å². The average molecular weight is 354 g/mol. The predicted octanol–water partition coefficient (Wildman–Crippen LogP) is 6.78. The van der Waals surface area contributed by atoms with E-state index >= 15 is 0 Å². The number of rotatable bonds is 17. The largest absolute Gasteiger partial charge is 0.478 e. The second-order valence-corrected chi connectivity index (χ2v) is 7.62. The summed E-state index contributed by atoms with van der Waals surface area (Å²) in [4.78, 5) is 13.1. The van der Waals surface area contributed by atoms with Crippen molar-refractivity contribution in [3.8, 4) is 0 Å². The van der Waals surface area contributed by atoms with Crippen LogP contribution in [-0.2, 0) is 4.79 Å². The molecule has 0 aromatic carbocycles. The van der Waals surface area contributed by atoms with Crippen molar-refractivity contribution < 1.29 is 9.90 Å². The molecule has 0 aromatic heterocycles. The van der Waals surface area contributed by atoms with Gasteiger partial charge >= 0.3 is 5.97 Å². The Kier molecular flexibility index (Phi) is 15.8. The molecule has 0 aliphatic carbocycles. The van der Waals surface area contributed by atoms with Gasteiger partial charge in [-0.3, -0.25) is 0 Å². The van der Waals surface area contributed by atoms with Crippen molar-refractivity contribution in [2.24, 2.45) is 0 Å².